The van der Waals surface area contributed by atoms with Crippen molar-refractivity contribution >= 4 is 59.3 Å². The molecule has 7 aromatic carbocycles. The normalized spacial score (nSPS) is 11.3. The summed E-state index contributed by atoms with van der Waals surface area (Å²) in [6, 6.07) is 59.0. The number of thiophene rings is 1. The van der Waals surface area contributed by atoms with Gasteiger partial charge in [0.2, 0.25) is 0 Å². The monoisotopic (exact) mass is 553 g/mol. The van der Waals surface area contributed by atoms with Crippen LogP contribution in [0, 0.1) is 0 Å². The average molecular weight is 554 g/mol. The topological polar surface area (TPSA) is 3.24 Å². The molecule has 198 valence electrons. The maximum absolute atomic E-state index is 2.41. The molecule has 0 atom stereocenters. The first kappa shape index (κ1) is 24.6. The van der Waals surface area contributed by atoms with Gasteiger partial charge in [0.15, 0.2) is 0 Å². The van der Waals surface area contributed by atoms with E-state index in [2.05, 4.69) is 169 Å². The molecular weight excluding hydrogens is 527 g/mol. The van der Waals surface area contributed by atoms with Gasteiger partial charge < -0.3 is 4.90 Å². The van der Waals surface area contributed by atoms with E-state index in [0.717, 1.165) is 11.4 Å². The fourth-order valence-corrected chi connectivity index (χ4v) is 7.42. The Labute approximate surface area is 249 Å². The van der Waals surface area contributed by atoms with Crippen molar-refractivity contribution in [2.75, 3.05) is 4.90 Å². The molecule has 0 N–H and O–H groups in total. The lowest BCUT2D eigenvalue weighted by Crippen LogP contribution is -2.10. The molecule has 8 aromatic rings. The first-order valence-corrected chi connectivity index (χ1v) is 15.1. The number of hydrogen-bond donors (Lipinski definition) is 0. The van der Waals surface area contributed by atoms with Crippen molar-refractivity contribution in [3.8, 4) is 22.3 Å². The Morgan fingerprint density at radius 2 is 0.881 bits per heavy atom. The maximum atomic E-state index is 2.41. The molecule has 0 unspecified atom stereocenters. The minimum absolute atomic E-state index is 1.13. The maximum Gasteiger partial charge on any atom is 0.0547 e. The highest BCUT2D eigenvalue weighted by Crippen LogP contribution is 2.48. The molecular formula is C40H27NS. The fourth-order valence-electron chi connectivity index (χ4n) is 6.07. The van der Waals surface area contributed by atoms with Crippen LogP contribution in [0.2, 0.25) is 0 Å². The molecule has 0 saturated heterocycles. The Hall–Kier alpha value is -5.18. The molecule has 0 spiro atoms. The summed E-state index contributed by atoms with van der Waals surface area (Å²) in [5.74, 6) is 0. The standard InChI is InChI=1S/C40H27NS/c1-4-13-28(14-5-1)29-23-25-32(26-24-29)41(31-17-8-3-9-18-31)38-27-37-36-22-12-21-33(30-15-6-2-7-16-30)39(36)42-40(37)35-20-11-10-19-34(35)38/h1-27H. The molecule has 1 nitrogen and oxygen atoms in total. The molecule has 8 rings (SSSR count). The van der Waals surface area contributed by atoms with E-state index in [-0.39, 0.29) is 0 Å². The van der Waals surface area contributed by atoms with Crippen molar-refractivity contribution < 1.29 is 0 Å². The van der Waals surface area contributed by atoms with E-state index in [1.54, 1.807) is 0 Å². The summed E-state index contributed by atoms with van der Waals surface area (Å²) < 4.78 is 2.67. The van der Waals surface area contributed by atoms with Crippen LogP contribution >= 0.6 is 11.3 Å². The predicted octanol–water partition coefficient (Wildman–Crippen LogP) is 12.0. The Morgan fingerprint density at radius 3 is 1.60 bits per heavy atom. The van der Waals surface area contributed by atoms with Gasteiger partial charge in [-0.2, -0.15) is 0 Å². The average Bonchev–Trinajstić information content (AvgIpc) is 3.46. The summed E-state index contributed by atoms with van der Waals surface area (Å²) in [5, 5.41) is 5.12. The van der Waals surface area contributed by atoms with Gasteiger partial charge in [0.05, 0.1) is 5.69 Å². The van der Waals surface area contributed by atoms with Crippen molar-refractivity contribution in [1.29, 1.82) is 0 Å². The van der Waals surface area contributed by atoms with Crippen LogP contribution in [0.3, 0.4) is 0 Å². The van der Waals surface area contributed by atoms with Gasteiger partial charge >= 0.3 is 0 Å². The van der Waals surface area contributed by atoms with Crippen LogP contribution in [0.15, 0.2) is 164 Å². The summed E-state index contributed by atoms with van der Waals surface area (Å²) in [5.41, 5.74) is 8.43. The SMILES string of the molecule is c1ccc(-c2ccc(N(c3ccccc3)c3cc4c5cccc(-c6ccccc6)c5sc4c4ccccc34)cc2)cc1. The van der Waals surface area contributed by atoms with Crippen LogP contribution in [0.1, 0.15) is 0 Å². The number of anilines is 3. The number of benzene rings is 7. The van der Waals surface area contributed by atoms with E-state index in [1.165, 1.54) is 58.9 Å². The van der Waals surface area contributed by atoms with Gasteiger partial charge in [-0.1, -0.05) is 133 Å². The second-order valence-electron chi connectivity index (χ2n) is 10.6. The van der Waals surface area contributed by atoms with E-state index in [0.29, 0.717) is 0 Å². The van der Waals surface area contributed by atoms with Crippen LogP contribution in [-0.4, -0.2) is 0 Å². The molecule has 0 aliphatic carbocycles. The third-order valence-electron chi connectivity index (χ3n) is 8.06. The number of rotatable bonds is 5. The predicted molar refractivity (Wildman–Crippen MR) is 182 cm³/mol. The molecule has 42 heavy (non-hydrogen) atoms. The Balaban J connectivity index is 1.39. The first-order chi connectivity index (χ1) is 20.8. The van der Waals surface area contributed by atoms with Crippen LogP contribution < -0.4 is 4.90 Å². The number of hydrogen-bond acceptors (Lipinski definition) is 2. The number of fused-ring (bicyclic) bond motifs is 5. The van der Waals surface area contributed by atoms with E-state index in [4.69, 9.17) is 0 Å². The summed E-state index contributed by atoms with van der Waals surface area (Å²) in [6.45, 7) is 0. The van der Waals surface area contributed by atoms with Gasteiger partial charge in [-0.05, 0) is 52.6 Å². The first-order valence-electron chi connectivity index (χ1n) is 14.3. The Kier molecular flexibility index (Phi) is 6.05. The lowest BCUT2D eigenvalue weighted by atomic mass is 9.99. The van der Waals surface area contributed by atoms with Gasteiger partial charge in [-0.15, -0.1) is 11.3 Å². The molecule has 0 amide bonds. The minimum atomic E-state index is 1.13. The van der Waals surface area contributed by atoms with Crippen molar-refractivity contribution in [3.05, 3.63) is 164 Å². The van der Waals surface area contributed by atoms with E-state index in [9.17, 15) is 0 Å². The minimum Gasteiger partial charge on any atom is -0.310 e. The van der Waals surface area contributed by atoms with Crippen molar-refractivity contribution in [2.45, 2.75) is 0 Å². The highest BCUT2D eigenvalue weighted by atomic mass is 32.1. The third-order valence-corrected chi connectivity index (χ3v) is 9.34. The molecule has 0 saturated carbocycles. The quantitative estimate of drug-likeness (QED) is 0.205. The van der Waals surface area contributed by atoms with Gasteiger partial charge in [0, 0.05) is 42.3 Å². The molecule has 2 heteroatoms. The lowest BCUT2D eigenvalue weighted by molar-refractivity contribution is 1.30. The molecule has 0 bridgehead atoms. The second-order valence-corrected chi connectivity index (χ2v) is 11.6. The van der Waals surface area contributed by atoms with Crippen LogP contribution in [0.4, 0.5) is 17.1 Å². The van der Waals surface area contributed by atoms with Crippen LogP contribution in [-0.2, 0) is 0 Å². The lowest BCUT2D eigenvalue weighted by Gasteiger charge is -2.27. The second kappa shape index (κ2) is 10.3. The van der Waals surface area contributed by atoms with Gasteiger partial charge in [0.1, 0.15) is 0 Å². The molecule has 0 aliphatic rings. The summed E-state index contributed by atoms with van der Waals surface area (Å²) >= 11 is 1.91. The van der Waals surface area contributed by atoms with E-state index < -0.39 is 0 Å². The van der Waals surface area contributed by atoms with Crippen LogP contribution in [0.5, 0.6) is 0 Å². The Morgan fingerprint density at radius 1 is 0.357 bits per heavy atom. The highest BCUT2D eigenvalue weighted by Gasteiger charge is 2.20. The van der Waals surface area contributed by atoms with Crippen LogP contribution in [0.25, 0.3) is 53.2 Å². The third kappa shape index (κ3) is 4.16. The van der Waals surface area contributed by atoms with Crippen molar-refractivity contribution in [2.24, 2.45) is 0 Å². The van der Waals surface area contributed by atoms with Crippen molar-refractivity contribution in [3.63, 3.8) is 0 Å². The zero-order valence-corrected chi connectivity index (χ0v) is 23.8. The molecule has 0 radical (unpaired) electrons. The largest absolute Gasteiger partial charge is 0.310 e. The molecule has 0 fully saturated rings. The zero-order valence-electron chi connectivity index (χ0n) is 22.9. The fraction of sp³-hybridized carbons (Fsp3) is 0. The smallest absolute Gasteiger partial charge is 0.0547 e. The van der Waals surface area contributed by atoms with Gasteiger partial charge in [-0.3, -0.25) is 0 Å². The summed E-state index contributed by atoms with van der Waals surface area (Å²) in [4.78, 5) is 2.40. The zero-order chi connectivity index (χ0) is 27.9. The molecule has 0 aliphatic heterocycles. The van der Waals surface area contributed by atoms with Gasteiger partial charge in [0.25, 0.3) is 0 Å². The van der Waals surface area contributed by atoms with E-state index >= 15 is 0 Å². The Bertz CT molecular complexity index is 2160. The van der Waals surface area contributed by atoms with Gasteiger partial charge in [-0.25, -0.2) is 0 Å². The molecule has 1 aromatic heterocycles. The van der Waals surface area contributed by atoms with E-state index in [1.807, 2.05) is 11.3 Å². The molecule has 1 heterocycles. The van der Waals surface area contributed by atoms with Crippen molar-refractivity contribution in [1.82, 2.24) is 0 Å². The summed E-state index contributed by atoms with van der Waals surface area (Å²) in [7, 11) is 0. The highest BCUT2D eigenvalue weighted by molar-refractivity contribution is 7.27. The summed E-state index contributed by atoms with van der Waals surface area (Å²) in [6.07, 6.45) is 0. The number of nitrogens with zero attached hydrogens (tertiary/aromatic N) is 1. The number of para-hydroxylation sites is 1.